The first-order valence-corrected chi connectivity index (χ1v) is 9.84. The van der Waals surface area contributed by atoms with Gasteiger partial charge >= 0.3 is 0 Å². The monoisotopic (exact) mass is 368 g/mol. The van der Waals surface area contributed by atoms with E-state index in [9.17, 15) is 4.79 Å². The zero-order valence-corrected chi connectivity index (χ0v) is 16.2. The molecule has 0 radical (unpaired) electrons. The molecule has 3 heterocycles. The summed E-state index contributed by atoms with van der Waals surface area (Å²) in [6, 6.07) is 8.11. The smallest absolute Gasteiger partial charge is 0.257 e. The lowest BCUT2D eigenvalue weighted by Crippen LogP contribution is -2.39. The van der Waals surface area contributed by atoms with Gasteiger partial charge in [0.05, 0.1) is 18.4 Å². The second-order valence-corrected chi connectivity index (χ2v) is 7.82. The number of hydrogen-bond donors (Lipinski definition) is 1. The fourth-order valence-corrected chi connectivity index (χ4v) is 4.16. The summed E-state index contributed by atoms with van der Waals surface area (Å²) in [6.07, 6.45) is 3.24. The molecular weight excluding hydrogens is 340 g/mol. The molecule has 27 heavy (non-hydrogen) atoms. The number of anilines is 1. The molecule has 6 heteroatoms. The number of hydrogen-bond acceptors (Lipinski definition) is 5. The maximum atomic E-state index is 12.7. The van der Waals surface area contributed by atoms with Crippen molar-refractivity contribution >= 4 is 5.95 Å². The Morgan fingerprint density at radius 3 is 3.04 bits per heavy atom. The van der Waals surface area contributed by atoms with E-state index in [0.29, 0.717) is 12.5 Å². The van der Waals surface area contributed by atoms with Gasteiger partial charge in [-0.15, -0.1) is 0 Å². The number of fused-ring (bicyclic) bond motifs is 1. The van der Waals surface area contributed by atoms with Gasteiger partial charge in [-0.05, 0) is 36.5 Å². The summed E-state index contributed by atoms with van der Waals surface area (Å²) in [7, 11) is 1.68. The zero-order chi connectivity index (χ0) is 18.8. The van der Waals surface area contributed by atoms with Crippen LogP contribution >= 0.6 is 0 Å². The highest BCUT2D eigenvalue weighted by molar-refractivity contribution is 5.35. The molecule has 0 amide bonds. The van der Waals surface area contributed by atoms with E-state index in [-0.39, 0.29) is 5.56 Å². The molecule has 1 fully saturated rings. The van der Waals surface area contributed by atoms with Gasteiger partial charge in [-0.1, -0.05) is 19.1 Å². The van der Waals surface area contributed by atoms with Crippen molar-refractivity contribution in [2.45, 2.75) is 39.3 Å². The molecule has 4 rings (SSSR count). The Morgan fingerprint density at radius 2 is 2.22 bits per heavy atom. The largest absolute Gasteiger partial charge is 0.497 e. The number of rotatable bonds is 4. The molecule has 1 N–H and O–H groups in total. The average Bonchev–Trinajstić information content (AvgIpc) is 2.68. The van der Waals surface area contributed by atoms with Crippen LogP contribution in [0.4, 0.5) is 5.95 Å². The molecule has 6 nitrogen and oxygen atoms in total. The summed E-state index contributed by atoms with van der Waals surface area (Å²) >= 11 is 0. The highest BCUT2D eigenvalue weighted by Gasteiger charge is 2.24. The van der Waals surface area contributed by atoms with Crippen molar-refractivity contribution in [2.24, 2.45) is 5.92 Å². The predicted octanol–water partition coefficient (Wildman–Crippen LogP) is 2.57. The van der Waals surface area contributed by atoms with E-state index in [1.54, 1.807) is 7.11 Å². The number of H-pyrrole nitrogens is 1. The normalized spacial score (nSPS) is 20.4. The third-order valence-electron chi connectivity index (χ3n) is 5.63. The fraction of sp³-hybridized carbons (Fsp3) is 0.524. The molecule has 1 aromatic carbocycles. The van der Waals surface area contributed by atoms with Gasteiger partial charge in [0.15, 0.2) is 0 Å². The number of nitrogens with zero attached hydrogens (tertiary/aromatic N) is 3. The second-order valence-electron chi connectivity index (χ2n) is 7.82. The molecule has 2 aromatic rings. The Labute approximate surface area is 160 Å². The van der Waals surface area contributed by atoms with Crippen LogP contribution in [-0.4, -0.2) is 41.6 Å². The summed E-state index contributed by atoms with van der Waals surface area (Å²) in [6.45, 7) is 6.58. The van der Waals surface area contributed by atoms with E-state index >= 15 is 0 Å². The summed E-state index contributed by atoms with van der Waals surface area (Å²) in [5.41, 5.74) is 3.00. The summed E-state index contributed by atoms with van der Waals surface area (Å²) in [5, 5.41) is 0. The van der Waals surface area contributed by atoms with Crippen LogP contribution in [0.2, 0.25) is 0 Å². The molecule has 0 aliphatic carbocycles. The first kappa shape index (κ1) is 18.0. The van der Waals surface area contributed by atoms with Crippen molar-refractivity contribution in [3.63, 3.8) is 0 Å². The molecule has 0 bridgehead atoms. The lowest BCUT2D eigenvalue weighted by Gasteiger charge is -2.33. The predicted molar refractivity (Wildman–Crippen MR) is 106 cm³/mol. The van der Waals surface area contributed by atoms with Gasteiger partial charge in [-0.25, -0.2) is 4.98 Å². The Kier molecular flexibility index (Phi) is 5.16. The Hall–Kier alpha value is -2.34. The van der Waals surface area contributed by atoms with E-state index in [1.807, 2.05) is 12.1 Å². The fourth-order valence-electron chi connectivity index (χ4n) is 4.16. The molecule has 1 saturated heterocycles. The molecule has 0 unspecified atom stereocenters. The minimum absolute atomic E-state index is 0.0172. The molecule has 0 spiro atoms. The topological polar surface area (TPSA) is 61.5 Å². The van der Waals surface area contributed by atoms with Gasteiger partial charge < -0.3 is 9.64 Å². The number of methoxy groups -OCH3 is 1. The first-order chi connectivity index (χ1) is 13.1. The van der Waals surface area contributed by atoms with Crippen molar-refractivity contribution in [3.05, 3.63) is 51.4 Å². The van der Waals surface area contributed by atoms with E-state index < -0.39 is 0 Å². The lowest BCUT2D eigenvalue weighted by molar-refractivity contribution is 0.241. The molecule has 1 atom stereocenters. The summed E-state index contributed by atoms with van der Waals surface area (Å²) in [4.78, 5) is 25.1. The lowest BCUT2D eigenvalue weighted by atomic mass is 10.0. The molecule has 1 aromatic heterocycles. The van der Waals surface area contributed by atoms with Crippen LogP contribution in [0.25, 0.3) is 0 Å². The second kappa shape index (κ2) is 7.72. The van der Waals surface area contributed by atoms with Crippen molar-refractivity contribution in [3.8, 4) is 5.75 Å². The third kappa shape index (κ3) is 4.00. The van der Waals surface area contributed by atoms with Gasteiger partial charge in [0.25, 0.3) is 5.56 Å². The summed E-state index contributed by atoms with van der Waals surface area (Å²) in [5.74, 6) is 2.27. The van der Waals surface area contributed by atoms with E-state index in [1.165, 1.54) is 12.0 Å². The third-order valence-corrected chi connectivity index (χ3v) is 5.63. The molecule has 2 aliphatic rings. The minimum Gasteiger partial charge on any atom is -0.497 e. The van der Waals surface area contributed by atoms with Gasteiger partial charge in [-0.3, -0.25) is 14.7 Å². The van der Waals surface area contributed by atoms with Crippen LogP contribution in [0.5, 0.6) is 5.75 Å². The Morgan fingerprint density at radius 1 is 1.33 bits per heavy atom. The zero-order valence-electron chi connectivity index (χ0n) is 16.2. The van der Waals surface area contributed by atoms with Gasteiger partial charge in [0.2, 0.25) is 5.95 Å². The van der Waals surface area contributed by atoms with Crippen LogP contribution in [-0.2, 0) is 19.5 Å². The Balaban J connectivity index is 1.50. The van der Waals surface area contributed by atoms with Crippen molar-refractivity contribution in [1.29, 1.82) is 0 Å². The number of benzene rings is 1. The molecular formula is C21H28N4O2. The Bertz CT molecular complexity index is 864. The first-order valence-electron chi connectivity index (χ1n) is 9.84. The number of piperidine rings is 1. The van der Waals surface area contributed by atoms with Crippen LogP contribution in [0, 0.1) is 5.92 Å². The number of aromatic nitrogens is 2. The van der Waals surface area contributed by atoms with E-state index in [4.69, 9.17) is 9.72 Å². The van der Waals surface area contributed by atoms with Crippen molar-refractivity contribution in [1.82, 2.24) is 14.9 Å². The van der Waals surface area contributed by atoms with E-state index in [2.05, 4.69) is 33.8 Å². The standard InChI is InChI=1S/C21H28N4O2/c1-15-5-4-9-25(12-15)21-22-19-8-10-24(14-18(19)20(26)23-21)13-16-6-3-7-17(11-16)27-2/h3,6-7,11,15H,4-5,8-10,12-14H2,1-2H3,(H,22,23,26)/t15-/m0/s1. The maximum absolute atomic E-state index is 12.7. The van der Waals surface area contributed by atoms with Gasteiger partial charge in [-0.2, -0.15) is 0 Å². The van der Waals surface area contributed by atoms with Gasteiger partial charge in [0.1, 0.15) is 5.75 Å². The number of aromatic amines is 1. The number of ether oxygens (including phenoxy) is 1. The maximum Gasteiger partial charge on any atom is 0.257 e. The van der Waals surface area contributed by atoms with Crippen LogP contribution in [0.1, 0.15) is 36.6 Å². The SMILES string of the molecule is COc1cccc(CN2CCc3nc(N4CCC[C@H](C)C4)[nH]c(=O)c3C2)c1. The number of nitrogens with one attached hydrogen (secondary N) is 1. The average molecular weight is 368 g/mol. The highest BCUT2D eigenvalue weighted by Crippen LogP contribution is 2.23. The molecule has 2 aliphatic heterocycles. The van der Waals surface area contributed by atoms with Crippen LogP contribution in [0.15, 0.2) is 29.1 Å². The molecule has 144 valence electrons. The molecule has 0 saturated carbocycles. The van der Waals surface area contributed by atoms with Gasteiger partial charge in [0, 0.05) is 39.1 Å². The minimum atomic E-state index is 0.0172. The van der Waals surface area contributed by atoms with Crippen LogP contribution in [0.3, 0.4) is 0 Å². The van der Waals surface area contributed by atoms with Crippen LogP contribution < -0.4 is 15.2 Å². The van der Waals surface area contributed by atoms with E-state index in [0.717, 1.165) is 62.0 Å². The summed E-state index contributed by atoms with van der Waals surface area (Å²) < 4.78 is 5.31. The van der Waals surface area contributed by atoms with Crippen molar-refractivity contribution < 1.29 is 4.74 Å². The van der Waals surface area contributed by atoms with Crippen molar-refractivity contribution in [2.75, 3.05) is 31.6 Å². The highest BCUT2D eigenvalue weighted by atomic mass is 16.5. The quantitative estimate of drug-likeness (QED) is 0.899.